The summed E-state index contributed by atoms with van der Waals surface area (Å²) in [5, 5.41) is 7.89. The monoisotopic (exact) mass is 1740 g/mol. The van der Waals surface area contributed by atoms with Gasteiger partial charge in [0.05, 0.1) is 60.0 Å². The van der Waals surface area contributed by atoms with Crippen LogP contribution in [0.4, 0.5) is 43.4 Å². The molecule has 3 amide bonds. The molecule has 0 aromatic heterocycles. The summed E-state index contributed by atoms with van der Waals surface area (Å²) in [5.41, 5.74) is -1.31. The summed E-state index contributed by atoms with van der Waals surface area (Å²) >= 11 is 0. The molecule has 6 saturated heterocycles. The van der Waals surface area contributed by atoms with Crippen molar-refractivity contribution in [2.75, 3.05) is 147 Å². The average Bonchev–Trinajstić information content (AvgIpc) is 0.823. The van der Waals surface area contributed by atoms with E-state index in [2.05, 4.69) is 30.9 Å². The van der Waals surface area contributed by atoms with Crippen molar-refractivity contribution in [1.29, 1.82) is 0 Å². The van der Waals surface area contributed by atoms with Gasteiger partial charge in [0.25, 0.3) is 17.7 Å². The van der Waals surface area contributed by atoms with E-state index < -0.39 is 266 Å². The summed E-state index contributed by atoms with van der Waals surface area (Å²) < 4.78 is 489. The minimum atomic E-state index is -3.71. The molecule has 9 aliphatic rings. The van der Waals surface area contributed by atoms with Crippen LogP contribution in [0.25, 0.3) is 0 Å². The number of amidine groups is 3. The van der Waals surface area contributed by atoms with E-state index >= 15 is 0 Å². The normalized spacial score (nSPS) is 32.2. The third kappa shape index (κ3) is 22.3. The zero-order valence-corrected chi connectivity index (χ0v) is 66.4. The molecular weight excluding hydrogens is 1580 g/mol. The average molecular weight is 1740 g/mol. The molecule has 0 saturated carbocycles. The topological polar surface area (TPSA) is 172 Å². The maximum Gasteiger partial charge on any atom is 0.257 e. The highest BCUT2D eigenvalue weighted by Gasteiger charge is 2.31. The number of anilines is 3. The fraction of sp³-hybridized carbons (Fsp3) is 0.400. The molecule has 9 heterocycles. The van der Waals surface area contributed by atoms with Crippen molar-refractivity contribution < 1.29 is 119 Å². The fourth-order valence-electron chi connectivity index (χ4n) is 14.5. The van der Waals surface area contributed by atoms with Gasteiger partial charge in [-0.25, -0.2) is 26.3 Å². The largest absolute Gasteiger partial charge is 0.381 e. The van der Waals surface area contributed by atoms with Gasteiger partial charge in [0.2, 0.25) is 0 Å². The number of piperazine rings is 3. The van der Waals surface area contributed by atoms with Gasteiger partial charge in [0.15, 0.2) is 0 Å². The SMILES string of the molecule is [2HH].[2H]C1([2H])CC(Cc2cc(N3C([2H])([2H])C([2H])([2H])N(C([2H])([2H])[2H])C([2H])([2H])C3([2H])[2H])ccc2C(=O)NC2=NCc3ccc(C([2H])([2H])c4cc(F)cc(F)c4)cc32)CC([2H])([2H])O1.[2H]C1([2H])CC(Cc2cc(N3C([2H])([2H])C([2H])([2H])N(C)C([2H])([2H])C3([2H])[2H])ccc2C(=O)NC2=NCc3ccc(C([2H])([2H])c4cc(F)cc(F)c4)cc32)CC([2H])(C)O1.[2H]c1cc(C(=O)NC2=NCc3ccc(C([2H])([2H])c4cc(F)cc(F)c4)cc32)c(CC2CC([2H])([2H])OC([2H])([2H])C2)c([2H])c1N1C([2H])([2H])C([2H])([2H])N(C)C([2H])([2H])C1([2H])[2H]. The second-order valence-electron chi connectivity index (χ2n) is 29.6. The van der Waals surface area contributed by atoms with E-state index in [1.807, 2.05) is 0 Å². The van der Waals surface area contributed by atoms with Gasteiger partial charge in [-0.3, -0.25) is 29.4 Å². The van der Waals surface area contributed by atoms with E-state index in [0.717, 1.165) is 80.8 Å². The molecule has 9 aromatic rings. The lowest BCUT2D eigenvalue weighted by molar-refractivity contribution is 0.00281. The highest BCUT2D eigenvalue weighted by molar-refractivity contribution is 6.16. The first-order valence-electron chi connectivity index (χ1n) is 61.9. The Balaban J connectivity index is 0.000000187. The molecule has 18 nitrogen and oxygen atoms in total. The number of hydrogen-bond donors (Lipinski definition) is 3. The number of amides is 3. The van der Waals surface area contributed by atoms with Crippen molar-refractivity contribution in [2.24, 2.45) is 32.7 Å². The van der Waals surface area contributed by atoms with Crippen molar-refractivity contribution in [3.05, 3.63) is 299 Å². The maximum atomic E-state index is 14.2. The van der Waals surface area contributed by atoms with Gasteiger partial charge in [0.1, 0.15) is 52.4 Å². The third-order valence-electron chi connectivity index (χ3n) is 20.4. The molecule has 9 aliphatic heterocycles. The molecule has 124 heavy (non-hydrogen) atoms. The molecule has 2 atom stereocenters. The predicted octanol–water partition coefficient (Wildman–Crippen LogP) is 15.5. The van der Waals surface area contributed by atoms with Crippen LogP contribution in [-0.4, -0.2) is 188 Å². The third-order valence-corrected chi connectivity index (χ3v) is 20.4. The number of fused-ring (bicyclic) bond motifs is 3. The van der Waals surface area contributed by atoms with Gasteiger partial charge in [-0.05, 0) is 299 Å². The molecule has 0 aliphatic carbocycles. The van der Waals surface area contributed by atoms with E-state index in [9.17, 15) is 42.1 Å². The maximum absolute atomic E-state index is 14.2. The van der Waals surface area contributed by atoms with Crippen LogP contribution in [0.2, 0.25) is 0 Å². The van der Waals surface area contributed by atoms with Gasteiger partial charge in [-0.2, -0.15) is 0 Å². The van der Waals surface area contributed by atoms with Crippen LogP contribution in [-0.2, 0) is 72.2 Å². The lowest BCUT2D eigenvalue weighted by Gasteiger charge is -2.34. The van der Waals surface area contributed by atoms with Crippen LogP contribution in [0.5, 0.6) is 0 Å². The molecule has 0 spiro atoms. The lowest BCUT2D eigenvalue weighted by atomic mass is 9.87. The number of halogens is 6. The number of nitrogens with zero attached hydrogens (tertiary/aromatic N) is 9. The summed E-state index contributed by atoms with van der Waals surface area (Å²) in [6, 6.07) is 25.7. The first-order valence-corrected chi connectivity index (χ1v) is 38.9. The molecule has 650 valence electrons. The molecule has 18 rings (SSSR count). The highest BCUT2D eigenvalue weighted by Crippen LogP contribution is 2.35. The predicted molar refractivity (Wildman–Crippen MR) is 477 cm³/mol. The minimum absolute atomic E-state index is 0. The molecule has 6 fully saturated rings. The van der Waals surface area contributed by atoms with Crippen molar-refractivity contribution in [2.45, 2.75) is 110 Å². The van der Waals surface area contributed by atoms with Crippen LogP contribution in [0.3, 0.4) is 0 Å². The van der Waals surface area contributed by atoms with Crippen molar-refractivity contribution in [3.8, 4) is 0 Å². The number of carbonyl (C=O) groups is 3. The summed E-state index contributed by atoms with van der Waals surface area (Å²) in [5.74, 6) is -11.3. The van der Waals surface area contributed by atoms with Gasteiger partial charge in [-0.1, -0.05) is 36.4 Å². The number of nitrogens with one attached hydrogen (secondary N) is 3. The van der Waals surface area contributed by atoms with Crippen LogP contribution < -0.4 is 30.7 Å². The van der Waals surface area contributed by atoms with Gasteiger partial charge in [0, 0.05) is 210 Å². The van der Waals surface area contributed by atoms with Gasteiger partial charge < -0.3 is 59.6 Å². The zero-order chi connectivity index (χ0) is 127. The summed E-state index contributed by atoms with van der Waals surface area (Å²) in [4.78, 5) is 56.2. The molecule has 24 heteroatoms. The number of benzene rings is 9. The molecule has 0 bridgehead atoms. The van der Waals surface area contributed by atoms with Crippen molar-refractivity contribution in [3.63, 3.8) is 0 Å². The van der Waals surface area contributed by atoms with Crippen LogP contribution in [0.1, 0.15) is 224 Å². The molecular formula is C100H112F6N12O6. The lowest BCUT2D eigenvalue weighted by Crippen LogP contribution is -2.44. The Morgan fingerprint density at radius 1 is 0.427 bits per heavy atom. The fourth-order valence-corrected chi connectivity index (χ4v) is 14.5. The van der Waals surface area contributed by atoms with Gasteiger partial charge in [-0.15, -0.1) is 0 Å². The Hall–Kier alpha value is -10.9. The van der Waals surface area contributed by atoms with E-state index in [0.29, 0.717) is 50.3 Å². The number of aliphatic imine (C=N–C) groups is 3. The van der Waals surface area contributed by atoms with Crippen molar-refractivity contribution >= 4 is 52.3 Å². The Morgan fingerprint density at radius 2 is 0.774 bits per heavy atom. The molecule has 3 N–H and O–H groups in total. The highest BCUT2D eigenvalue weighted by atomic mass is 19.2. The van der Waals surface area contributed by atoms with Gasteiger partial charge >= 0.3 is 0 Å². The second-order valence-corrected chi connectivity index (χ2v) is 29.6. The van der Waals surface area contributed by atoms with Crippen LogP contribution in [0, 0.1) is 52.7 Å². The minimum Gasteiger partial charge on any atom is -0.381 e. The van der Waals surface area contributed by atoms with E-state index in [4.69, 9.17) is 75.9 Å². The number of rotatable bonds is 18. The Bertz CT molecular complexity index is 7670. The Morgan fingerprint density at radius 3 is 1.15 bits per heavy atom. The molecule has 9 aromatic carbocycles. The summed E-state index contributed by atoms with van der Waals surface area (Å²) in [7, 11) is 1.77. The number of likely N-dealkylation sites (N-methyl/N-ethyl adjacent to an activating group) is 3. The number of hydrogen-bond acceptors (Lipinski definition) is 15. The first kappa shape index (κ1) is 46.9. The van der Waals surface area contributed by atoms with E-state index in [-0.39, 0.29) is 170 Å². The summed E-state index contributed by atoms with van der Waals surface area (Å²) in [6.07, 6.45) is -11.6. The first-order chi connectivity index (χ1) is 77.4. The van der Waals surface area contributed by atoms with E-state index in [1.165, 1.54) is 67.6 Å². The summed E-state index contributed by atoms with van der Waals surface area (Å²) in [6.45, 7) is -54.9. The standard InChI is InChI=1S/C34H38F2N4O2.2C33H36F2N4O2.H2/c1-22-13-24(7-12-42-22)15-27-19-30(40-10-8-39(2)9-11-40)5-6-31(27)34(41)38-33-32-18-23(3-4-26(32)21-37-33)14-25-16-28(35)20-29(36)17-25;2*1-38-8-10-39(11-9-38)29-4-5-30(26(19-29)15-22-6-12-41-13-7-22)33(40)37-32-31-18-23(2-3-25(31)21-36-32)14-24-16-27(34)20-28(35)17-24;/h3-6,16-20,22,24H,7-15,21H2,1-2H3,(H,37,38,41);2*2-5,16-20,22H,6-15,21H2,1H3,(H,36,37,40);1H/i8D2,9D2,10D2,11D2,12D2,14D2,22D;4D,8D2,9D2,10D2,11D2,12D2,13D2,14D2,19D;1D3,8D2,9D2,10D2,11D2,12D2,13D2,14D2;1+1. The van der Waals surface area contributed by atoms with Crippen LogP contribution >= 0.6 is 0 Å². The quantitative estimate of drug-likeness (QED) is 0.0696. The Labute approximate surface area is 788 Å². The van der Waals surface area contributed by atoms with Crippen molar-refractivity contribution in [1.82, 2.24) is 30.7 Å². The second kappa shape index (κ2) is 40.0. The molecule has 2 unspecified atom stereocenters. The Kier molecular flexibility index (Phi) is 15.1. The zero-order valence-electron chi connectivity index (χ0n) is 112. The molecule has 0 radical (unpaired) electrons. The van der Waals surface area contributed by atoms with Crippen LogP contribution in [0.15, 0.2) is 179 Å². The smallest absolute Gasteiger partial charge is 0.257 e. The number of ether oxygens (including phenoxy) is 3. The number of carbonyl (C=O) groups excluding carboxylic acids is 3. The van der Waals surface area contributed by atoms with E-state index in [1.54, 1.807) is 6.07 Å².